The molecule has 27 heavy (non-hydrogen) atoms. The summed E-state index contributed by atoms with van der Waals surface area (Å²) in [7, 11) is -0.345. The molecule has 1 aliphatic rings. The van der Waals surface area contributed by atoms with Gasteiger partial charge in [0, 0.05) is 19.2 Å². The molecule has 1 unspecified atom stereocenters. The van der Waals surface area contributed by atoms with Gasteiger partial charge in [-0.25, -0.2) is 0 Å². The minimum atomic E-state index is -3.53. The maximum Gasteiger partial charge on any atom is 0.352 e. The van der Waals surface area contributed by atoms with Crippen LogP contribution in [0.3, 0.4) is 0 Å². The first-order valence-electron chi connectivity index (χ1n) is 9.30. The SMILES string of the molecule is COc1cc(OC)cc(C(N2CCOCC2)P(=O)(OC(C)C)OC(C)C)c1. The van der Waals surface area contributed by atoms with E-state index in [9.17, 15) is 4.57 Å². The molecule has 0 amide bonds. The summed E-state index contributed by atoms with van der Waals surface area (Å²) < 4.78 is 42.2. The second-order valence-electron chi connectivity index (χ2n) is 7.02. The fraction of sp³-hybridized carbons (Fsp3) is 0.684. The summed E-state index contributed by atoms with van der Waals surface area (Å²) in [6, 6.07) is 5.52. The maximum absolute atomic E-state index is 14.0. The Hall–Kier alpha value is -1.11. The van der Waals surface area contributed by atoms with Crippen molar-refractivity contribution in [1.82, 2.24) is 4.90 Å². The number of benzene rings is 1. The molecule has 0 spiro atoms. The Bertz CT molecular complexity index is 609. The van der Waals surface area contributed by atoms with E-state index in [-0.39, 0.29) is 12.2 Å². The average molecular weight is 401 g/mol. The second-order valence-corrected chi connectivity index (χ2v) is 9.01. The van der Waals surface area contributed by atoms with Crippen LogP contribution >= 0.6 is 7.60 Å². The number of morpholine rings is 1. The fourth-order valence-electron chi connectivity index (χ4n) is 3.12. The van der Waals surface area contributed by atoms with Crippen molar-refractivity contribution in [2.45, 2.75) is 45.7 Å². The predicted octanol–water partition coefficient (Wildman–Crippen LogP) is 4.08. The lowest BCUT2D eigenvalue weighted by Gasteiger charge is -2.39. The van der Waals surface area contributed by atoms with Crippen molar-refractivity contribution in [2.24, 2.45) is 0 Å². The predicted molar refractivity (Wildman–Crippen MR) is 105 cm³/mol. The molecule has 154 valence electrons. The molecule has 8 heteroatoms. The number of nitrogens with zero attached hydrogens (tertiary/aromatic N) is 1. The Labute approximate surface area is 162 Å². The van der Waals surface area contributed by atoms with Gasteiger partial charge in [-0.05, 0) is 45.4 Å². The zero-order valence-corrected chi connectivity index (χ0v) is 18.0. The van der Waals surface area contributed by atoms with Gasteiger partial charge < -0.3 is 23.3 Å². The highest BCUT2D eigenvalue weighted by Gasteiger charge is 2.43. The Morgan fingerprint density at radius 2 is 1.41 bits per heavy atom. The molecule has 1 heterocycles. The van der Waals surface area contributed by atoms with Crippen LogP contribution in [0.4, 0.5) is 0 Å². The summed E-state index contributed by atoms with van der Waals surface area (Å²) in [5.41, 5.74) is 0.776. The smallest absolute Gasteiger partial charge is 0.352 e. The van der Waals surface area contributed by atoms with Gasteiger partial charge in [-0.15, -0.1) is 0 Å². The van der Waals surface area contributed by atoms with E-state index in [0.717, 1.165) is 5.56 Å². The molecule has 1 aromatic carbocycles. The monoisotopic (exact) mass is 401 g/mol. The van der Waals surface area contributed by atoms with E-state index >= 15 is 0 Å². The van der Waals surface area contributed by atoms with Crippen molar-refractivity contribution in [3.05, 3.63) is 23.8 Å². The third-order valence-electron chi connectivity index (χ3n) is 4.08. The van der Waals surface area contributed by atoms with Crippen LogP contribution in [0.25, 0.3) is 0 Å². The number of hydrogen-bond acceptors (Lipinski definition) is 7. The van der Waals surface area contributed by atoms with Crippen LogP contribution in [0.2, 0.25) is 0 Å². The van der Waals surface area contributed by atoms with E-state index in [1.54, 1.807) is 20.3 Å². The van der Waals surface area contributed by atoms with Crippen molar-refractivity contribution in [1.29, 1.82) is 0 Å². The Morgan fingerprint density at radius 3 is 1.81 bits per heavy atom. The molecule has 0 bridgehead atoms. The summed E-state index contributed by atoms with van der Waals surface area (Å²) >= 11 is 0. The molecule has 1 aromatic rings. The first kappa shape index (κ1) is 22.2. The first-order chi connectivity index (χ1) is 12.8. The molecule has 1 atom stereocenters. The largest absolute Gasteiger partial charge is 0.497 e. The lowest BCUT2D eigenvalue weighted by Crippen LogP contribution is -2.40. The standard InChI is InChI=1S/C19H32NO6P/c1-14(2)25-27(21,26-15(3)4)19(20-7-9-24-10-8-20)16-11-17(22-5)13-18(12-16)23-6/h11-15,19H,7-10H2,1-6H3. The number of methoxy groups -OCH3 is 2. The lowest BCUT2D eigenvalue weighted by molar-refractivity contribution is 0.0199. The second kappa shape index (κ2) is 9.89. The number of ether oxygens (including phenoxy) is 3. The van der Waals surface area contributed by atoms with Crippen molar-refractivity contribution < 1.29 is 27.8 Å². The van der Waals surface area contributed by atoms with E-state index < -0.39 is 13.4 Å². The lowest BCUT2D eigenvalue weighted by atomic mass is 10.1. The zero-order chi connectivity index (χ0) is 20.0. The summed E-state index contributed by atoms with van der Waals surface area (Å²) in [5, 5.41) is 0. The molecule has 2 rings (SSSR count). The van der Waals surface area contributed by atoms with Crippen molar-refractivity contribution in [2.75, 3.05) is 40.5 Å². The normalized spacial score (nSPS) is 17.3. The highest BCUT2D eigenvalue weighted by atomic mass is 31.2. The van der Waals surface area contributed by atoms with Crippen molar-refractivity contribution in [3.8, 4) is 11.5 Å². The van der Waals surface area contributed by atoms with Gasteiger partial charge in [0.15, 0.2) is 0 Å². The van der Waals surface area contributed by atoms with Crippen LogP contribution in [0.5, 0.6) is 11.5 Å². The van der Waals surface area contributed by atoms with Gasteiger partial charge in [-0.3, -0.25) is 9.46 Å². The maximum atomic E-state index is 14.0. The third kappa shape index (κ3) is 5.93. The van der Waals surface area contributed by atoms with Gasteiger partial charge in [-0.2, -0.15) is 0 Å². The molecule has 0 saturated carbocycles. The van der Waals surface area contributed by atoms with Crippen molar-refractivity contribution in [3.63, 3.8) is 0 Å². The highest BCUT2D eigenvalue weighted by Crippen LogP contribution is 2.64. The van der Waals surface area contributed by atoms with E-state index in [1.807, 2.05) is 39.8 Å². The minimum Gasteiger partial charge on any atom is -0.497 e. The van der Waals surface area contributed by atoms with Gasteiger partial charge >= 0.3 is 7.60 Å². The molecule has 0 aliphatic carbocycles. The van der Waals surface area contributed by atoms with Gasteiger partial charge in [0.05, 0.1) is 39.6 Å². The quantitative estimate of drug-likeness (QED) is 0.578. The summed E-state index contributed by atoms with van der Waals surface area (Å²) in [5.74, 6) is 0.682. The first-order valence-corrected chi connectivity index (χ1v) is 10.9. The molecule has 0 radical (unpaired) electrons. The van der Waals surface area contributed by atoms with Gasteiger partial charge in [0.2, 0.25) is 0 Å². The van der Waals surface area contributed by atoms with E-state index in [1.165, 1.54) is 0 Å². The van der Waals surface area contributed by atoms with E-state index in [0.29, 0.717) is 37.8 Å². The minimum absolute atomic E-state index is 0.245. The van der Waals surface area contributed by atoms with E-state index in [2.05, 4.69) is 4.90 Å². The molecule has 1 fully saturated rings. The highest BCUT2D eigenvalue weighted by molar-refractivity contribution is 7.54. The zero-order valence-electron chi connectivity index (χ0n) is 17.1. The van der Waals surface area contributed by atoms with Crippen LogP contribution in [-0.2, 0) is 18.3 Å². The molecule has 1 aliphatic heterocycles. The van der Waals surface area contributed by atoms with Crippen LogP contribution in [0.1, 0.15) is 39.0 Å². The average Bonchev–Trinajstić information content (AvgIpc) is 2.60. The van der Waals surface area contributed by atoms with Gasteiger partial charge in [0.25, 0.3) is 0 Å². The van der Waals surface area contributed by atoms with Gasteiger partial charge in [0.1, 0.15) is 17.3 Å². The van der Waals surface area contributed by atoms with Crippen LogP contribution in [0, 0.1) is 0 Å². The van der Waals surface area contributed by atoms with Crippen LogP contribution in [-0.4, -0.2) is 57.6 Å². The Kier molecular flexibility index (Phi) is 8.13. The van der Waals surface area contributed by atoms with Crippen molar-refractivity contribution >= 4 is 7.60 Å². The molecule has 0 N–H and O–H groups in total. The Morgan fingerprint density at radius 1 is 0.926 bits per heavy atom. The summed E-state index contributed by atoms with van der Waals surface area (Å²) in [4.78, 5) is 2.10. The fourth-order valence-corrected chi connectivity index (χ4v) is 5.72. The molecule has 1 saturated heterocycles. The summed E-state index contributed by atoms with van der Waals surface area (Å²) in [6.07, 6.45) is -0.490. The van der Waals surface area contributed by atoms with Gasteiger partial charge in [-0.1, -0.05) is 0 Å². The third-order valence-corrected chi connectivity index (χ3v) is 6.73. The van der Waals surface area contributed by atoms with E-state index in [4.69, 9.17) is 23.3 Å². The molecule has 7 nitrogen and oxygen atoms in total. The molecular formula is C19H32NO6P. The van der Waals surface area contributed by atoms with Crippen LogP contribution in [0.15, 0.2) is 18.2 Å². The summed E-state index contributed by atoms with van der Waals surface area (Å²) in [6.45, 7) is 9.85. The number of hydrogen-bond donors (Lipinski definition) is 0. The molecule has 0 aromatic heterocycles. The topological polar surface area (TPSA) is 66.5 Å². The Balaban J connectivity index is 2.57. The molecular weight excluding hydrogens is 369 g/mol. The van der Waals surface area contributed by atoms with Crippen LogP contribution < -0.4 is 9.47 Å². The number of rotatable bonds is 9.